The number of para-hydroxylation sites is 1. The monoisotopic (exact) mass is 509 g/mol. The van der Waals surface area contributed by atoms with Crippen LogP contribution in [0.1, 0.15) is 40.9 Å². The van der Waals surface area contributed by atoms with Gasteiger partial charge in [0.1, 0.15) is 30.3 Å². The van der Waals surface area contributed by atoms with Gasteiger partial charge in [0.15, 0.2) is 0 Å². The van der Waals surface area contributed by atoms with Crippen molar-refractivity contribution >= 4 is 11.6 Å². The maximum absolute atomic E-state index is 14.1. The minimum Gasteiger partial charge on any atom is -0.491 e. The van der Waals surface area contributed by atoms with Crippen LogP contribution in [0.4, 0.5) is 5.69 Å². The van der Waals surface area contributed by atoms with Crippen LogP contribution in [0, 0.1) is 0 Å². The summed E-state index contributed by atoms with van der Waals surface area (Å²) in [5, 5.41) is 19.3. The van der Waals surface area contributed by atoms with Crippen LogP contribution in [-0.4, -0.2) is 41.5 Å². The summed E-state index contributed by atoms with van der Waals surface area (Å²) < 4.78 is 11.4. The quantitative estimate of drug-likeness (QED) is 0.326. The standard InChI is InChI=1S/C32H31NO5/c1-22(34)20-37-27-16-12-24(13-17-27)32(25-14-18-28(19-15-25)38-21-23(2)35)30-11-7-6-10-29(30)31(36)33(32)26-8-4-3-5-9-26/h3-19,22-23,34-35H,20-21H2,1-2H3. The molecule has 1 aliphatic rings. The van der Waals surface area contributed by atoms with E-state index in [-0.39, 0.29) is 19.1 Å². The van der Waals surface area contributed by atoms with Crippen molar-refractivity contribution in [3.05, 3.63) is 125 Å². The number of carbonyl (C=O) groups is 1. The molecule has 4 aromatic rings. The molecule has 6 nitrogen and oxygen atoms in total. The first-order valence-corrected chi connectivity index (χ1v) is 12.7. The molecule has 2 unspecified atom stereocenters. The molecule has 0 aromatic heterocycles. The number of carbonyl (C=O) groups excluding carboxylic acids is 1. The van der Waals surface area contributed by atoms with Crippen LogP contribution in [0.5, 0.6) is 11.5 Å². The van der Waals surface area contributed by atoms with Crippen LogP contribution in [-0.2, 0) is 5.54 Å². The van der Waals surface area contributed by atoms with E-state index in [1.54, 1.807) is 13.8 Å². The van der Waals surface area contributed by atoms with Crippen molar-refractivity contribution in [2.75, 3.05) is 18.1 Å². The number of hydrogen-bond donors (Lipinski definition) is 2. The van der Waals surface area contributed by atoms with Gasteiger partial charge >= 0.3 is 0 Å². The lowest BCUT2D eigenvalue weighted by Crippen LogP contribution is -2.46. The molecule has 0 fully saturated rings. The first kappa shape index (κ1) is 25.5. The molecule has 1 amide bonds. The summed E-state index contributed by atoms with van der Waals surface area (Å²) in [4.78, 5) is 15.9. The second-order valence-corrected chi connectivity index (χ2v) is 9.60. The fraction of sp³-hybridized carbons (Fsp3) is 0.219. The van der Waals surface area contributed by atoms with Crippen molar-refractivity contribution in [1.29, 1.82) is 0 Å². The van der Waals surface area contributed by atoms with Crippen LogP contribution in [0.15, 0.2) is 103 Å². The van der Waals surface area contributed by atoms with Crippen molar-refractivity contribution < 1.29 is 24.5 Å². The van der Waals surface area contributed by atoms with Gasteiger partial charge in [-0.3, -0.25) is 9.69 Å². The second kappa shape index (κ2) is 10.7. The highest BCUT2D eigenvalue weighted by atomic mass is 16.5. The lowest BCUT2D eigenvalue weighted by Gasteiger charge is -2.40. The normalized spacial score (nSPS) is 18.1. The Hall–Kier alpha value is -4.13. The Morgan fingerprint density at radius 2 is 1.16 bits per heavy atom. The fourth-order valence-electron chi connectivity index (χ4n) is 5.02. The lowest BCUT2D eigenvalue weighted by atomic mass is 9.76. The molecular formula is C32H31NO5. The zero-order chi connectivity index (χ0) is 26.7. The number of rotatable bonds is 9. The number of benzene rings is 4. The highest BCUT2D eigenvalue weighted by Crippen LogP contribution is 2.51. The van der Waals surface area contributed by atoms with E-state index < -0.39 is 17.7 Å². The molecule has 0 saturated carbocycles. The Labute approximate surface area is 222 Å². The van der Waals surface area contributed by atoms with E-state index in [1.807, 2.05) is 108 Å². The fourth-order valence-corrected chi connectivity index (χ4v) is 5.02. The smallest absolute Gasteiger partial charge is 0.260 e. The average Bonchev–Trinajstić information content (AvgIpc) is 3.21. The molecule has 2 atom stereocenters. The number of ether oxygens (including phenoxy) is 2. The van der Waals surface area contributed by atoms with Crippen molar-refractivity contribution in [3.63, 3.8) is 0 Å². The van der Waals surface area contributed by atoms with Gasteiger partial charge in [-0.05, 0) is 73.0 Å². The van der Waals surface area contributed by atoms with Gasteiger partial charge in [-0.2, -0.15) is 0 Å². The molecule has 0 aliphatic carbocycles. The molecule has 38 heavy (non-hydrogen) atoms. The van der Waals surface area contributed by atoms with E-state index in [0.717, 1.165) is 22.4 Å². The van der Waals surface area contributed by atoms with Crippen LogP contribution in [0.25, 0.3) is 0 Å². The number of nitrogens with zero attached hydrogens (tertiary/aromatic N) is 1. The number of aliphatic hydroxyl groups excluding tert-OH is 2. The number of amides is 1. The molecular weight excluding hydrogens is 478 g/mol. The summed E-state index contributed by atoms with van der Waals surface area (Å²) in [6.07, 6.45) is -1.16. The van der Waals surface area contributed by atoms with Gasteiger partial charge in [0.05, 0.1) is 12.2 Å². The van der Waals surface area contributed by atoms with Crippen molar-refractivity contribution in [2.24, 2.45) is 0 Å². The summed E-state index contributed by atoms with van der Waals surface area (Å²) in [6, 6.07) is 32.8. The Morgan fingerprint density at radius 1 is 0.684 bits per heavy atom. The molecule has 4 aromatic carbocycles. The van der Waals surface area contributed by atoms with E-state index in [9.17, 15) is 15.0 Å². The van der Waals surface area contributed by atoms with Crippen LogP contribution < -0.4 is 14.4 Å². The SMILES string of the molecule is CC(O)COc1ccc(C2(c3ccc(OCC(C)O)cc3)c3ccccc3C(=O)N2c2ccccc2)cc1. The van der Waals surface area contributed by atoms with Gasteiger partial charge < -0.3 is 19.7 Å². The third kappa shape index (κ3) is 4.64. The molecule has 0 saturated heterocycles. The van der Waals surface area contributed by atoms with Crippen LogP contribution in [0.2, 0.25) is 0 Å². The highest BCUT2D eigenvalue weighted by molar-refractivity contribution is 6.13. The zero-order valence-corrected chi connectivity index (χ0v) is 21.5. The van der Waals surface area contributed by atoms with Crippen LogP contribution in [0.3, 0.4) is 0 Å². The summed E-state index contributed by atoms with van der Waals surface area (Å²) in [5.74, 6) is 1.18. The largest absolute Gasteiger partial charge is 0.491 e. The van der Waals surface area contributed by atoms with Gasteiger partial charge in [0.25, 0.3) is 5.91 Å². The van der Waals surface area contributed by atoms with Gasteiger partial charge in [0.2, 0.25) is 0 Å². The third-order valence-electron chi connectivity index (χ3n) is 6.63. The zero-order valence-electron chi connectivity index (χ0n) is 21.5. The predicted molar refractivity (Wildman–Crippen MR) is 147 cm³/mol. The first-order valence-electron chi connectivity index (χ1n) is 12.7. The van der Waals surface area contributed by atoms with Gasteiger partial charge in [-0.15, -0.1) is 0 Å². The minimum atomic E-state index is -0.958. The molecule has 2 N–H and O–H groups in total. The van der Waals surface area contributed by atoms with E-state index >= 15 is 0 Å². The molecule has 1 aliphatic heterocycles. The molecule has 6 heteroatoms. The average molecular weight is 510 g/mol. The summed E-state index contributed by atoms with van der Waals surface area (Å²) >= 11 is 0. The molecule has 1 heterocycles. The Bertz CT molecular complexity index is 1330. The minimum absolute atomic E-state index is 0.0873. The summed E-state index contributed by atoms with van der Waals surface area (Å²) in [5.41, 5.74) is 3.12. The Kier molecular flexibility index (Phi) is 7.18. The number of anilines is 1. The molecule has 5 rings (SSSR count). The molecule has 0 spiro atoms. The third-order valence-corrected chi connectivity index (χ3v) is 6.63. The highest BCUT2D eigenvalue weighted by Gasteiger charge is 2.52. The first-order chi connectivity index (χ1) is 18.4. The number of aliphatic hydroxyl groups is 2. The number of fused-ring (bicyclic) bond motifs is 1. The van der Waals surface area contributed by atoms with E-state index in [0.29, 0.717) is 17.1 Å². The van der Waals surface area contributed by atoms with Gasteiger partial charge in [-0.25, -0.2) is 0 Å². The molecule has 194 valence electrons. The van der Waals surface area contributed by atoms with E-state index in [2.05, 4.69) is 0 Å². The second-order valence-electron chi connectivity index (χ2n) is 9.60. The molecule has 0 bridgehead atoms. The van der Waals surface area contributed by atoms with Crippen molar-refractivity contribution in [1.82, 2.24) is 0 Å². The Balaban J connectivity index is 1.71. The maximum Gasteiger partial charge on any atom is 0.260 e. The number of hydrogen-bond acceptors (Lipinski definition) is 5. The van der Waals surface area contributed by atoms with E-state index in [4.69, 9.17) is 9.47 Å². The topological polar surface area (TPSA) is 79.2 Å². The Morgan fingerprint density at radius 3 is 1.66 bits per heavy atom. The summed E-state index contributed by atoms with van der Waals surface area (Å²) in [7, 11) is 0. The lowest BCUT2D eigenvalue weighted by molar-refractivity contribution is 0.0986. The van der Waals surface area contributed by atoms with Gasteiger partial charge in [0, 0.05) is 11.3 Å². The summed E-state index contributed by atoms with van der Waals surface area (Å²) in [6.45, 7) is 3.74. The van der Waals surface area contributed by atoms with E-state index in [1.165, 1.54) is 0 Å². The van der Waals surface area contributed by atoms with Crippen molar-refractivity contribution in [2.45, 2.75) is 31.6 Å². The maximum atomic E-state index is 14.1. The van der Waals surface area contributed by atoms with Crippen LogP contribution >= 0.6 is 0 Å². The molecule has 0 radical (unpaired) electrons. The van der Waals surface area contributed by atoms with Gasteiger partial charge in [-0.1, -0.05) is 60.7 Å². The predicted octanol–water partition coefficient (Wildman–Crippen LogP) is 5.16. The van der Waals surface area contributed by atoms with Crippen molar-refractivity contribution in [3.8, 4) is 11.5 Å².